The monoisotopic (exact) mass is 191 g/mol. The fourth-order valence-corrected chi connectivity index (χ4v) is 1.88. The minimum atomic E-state index is -0.172. The first-order chi connectivity index (χ1) is 6.59. The Morgan fingerprint density at radius 2 is 1.93 bits per heavy atom. The second-order valence-corrected chi connectivity index (χ2v) is 3.99. The lowest BCUT2D eigenvalue weighted by Crippen LogP contribution is -1.97. The van der Waals surface area contributed by atoms with E-state index in [-0.39, 0.29) is 5.82 Å². The van der Waals surface area contributed by atoms with Gasteiger partial charge in [-0.3, -0.25) is 0 Å². The van der Waals surface area contributed by atoms with Crippen molar-refractivity contribution in [2.45, 2.75) is 19.8 Å². The number of nitrogens with zero attached hydrogens (tertiary/aromatic N) is 1. The Labute approximate surface area is 83.2 Å². The molecule has 0 aliphatic carbocycles. The van der Waals surface area contributed by atoms with Crippen LogP contribution in [0.15, 0.2) is 24.3 Å². The minimum absolute atomic E-state index is 0.172. The molecule has 1 heterocycles. The largest absolute Gasteiger partial charge is 0.347 e. The molecular weight excluding hydrogens is 177 g/mol. The molecule has 0 amide bonds. The number of benzene rings is 1. The molecule has 0 fully saturated rings. The lowest BCUT2D eigenvalue weighted by molar-refractivity contribution is 0.628. The Morgan fingerprint density at radius 3 is 2.57 bits per heavy atom. The van der Waals surface area contributed by atoms with Crippen LogP contribution in [0.25, 0.3) is 10.9 Å². The molecule has 0 aliphatic rings. The number of halogens is 1. The predicted molar refractivity (Wildman–Crippen MR) is 57.0 cm³/mol. The van der Waals surface area contributed by atoms with Gasteiger partial charge in [-0.25, -0.2) is 4.39 Å². The zero-order valence-electron chi connectivity index (χ0n) is 8.71. The summed E-state index contributed by atoms with van der Waals surface area (Å²) < 4.78 is 15.1. The first kappa shape index (κ1) is 9.25. The van der Waals surface area contributed by atoms with Crippen LogP contribution >= 0.6 is 0 Å². The van der Waals surface area contributed by atoms with E-state index < -0.39 is 0 Å². The summed E-state index contributed by atoms with van der Waals surface area (Å²) in [4.78, 5) is 0. The van der Waals surface area contributed by atoms with Crippen LogP contribution < -0.4 is 0 Å². The SMILES string of the molecule is CC(C)c1cc2ccc(F)cc2n1C. The van der Waals surface area contributed by atoms with Crippen molar-refractivity contribution in [3.63, 3.8) is 0 Å². The zero-order valence-corrected chi connectivity index (χ0v) is 8.71. The number of aryl methyl sites for hydroxylation is 1. The molecule has 1 aromatic carbocycles. The van der Waals surface area contributed by atoms with Gasteiger partial charge in [0, 0.05) is 18.1 Å². The van der Waals surface area contributed by atoms with Gasteiger partial charge in [0.2, 0.25) is 0 Å². The van der Waals surface area contributed by atoms with E-state index in [0.717, 1.165) is 10.9 Å². The van der Waals surface area contributed by atoms with Gasteiger partial charge in [0.15, 0.2) is 0 Å². The van der Waals surface area contributed by atoms with Gasteiger partial charge in [0.05, 0.1) is 5.52 Å². The van der Waals surface area contributed by atoms with E-state index in [2.05, 4.69) is 24.5 Å². The Bertz CT molecular complexity index is 468. The molecule has 0 aliphatic heterocycles. The summed E-state index contributed by atoms with van der Waals surface area (Å²) in [6.45, 7) is 4.29. The molecule has 0 bridgehead atoms. The molecule has 0 N–H and O–H groups in total. The van der Waals surface area contributed by atoms with Gasteiger partial charge in [-0.15, -0.1) is 0 Å². The molecule has 0 saturated heterocycles. The van der Waals surface area contributed by atoms with Crippen molar-refractivity contribution in [1.82, 2.24) is 4.57 Å². The molecule has 0 saturated carbocycles. The molecule has 0 radical (unpaired) electrons. The Balaban J connectivity index is 2.74. The van der Waals surface area contributed by atoms with Crippen LogP contribution in [-0.2, 0) is 7.05 Å². The molecule has 74 valence electrons. The first-order valence-corrected chi connectivity index (χ1v) is 4.84. The van der Waals surface area contributed by atoms with Gasteiger partial charge in [-0.05, 0) is 30.2 Å². The molecule has 14 heavy (non-hydrogen) atoms. The van der Waals surface area contributed by atoms with E-state index in [1.807, 2.05) is 13.1 Å². The maximum atomic E-state index is 13.0. The third-order valence-electron chi connectivity index (χ3n) is 2.64. The van der Waals surface area contributed by atoms with E-state index in [4.69, 9.17) is 0 Å². The standard InChI is InChI=1S/C12H14FN/c1-8(2)11-6-9-4-5-10(13)7-12(9)14(11)3/h4-8H,1-3H3. The Hall–Kier alpha value is -1.31. The van der Waals surface area contributed by atoms with Crippen LogP contribution in [0.4, 0.5) is 4.39 Å². The van der Waals surface area contributed by atoms with Crippen LogP contribution in [0.5, 0.6) is 0 Å². The Kier molecular flexibility index (Phi) is 2.06. The number of hydrogen-bond donors (Lipinski definition) is 0. The van der Waals surface area contributed by atoms with Crippen LogP contribution in [0.3, 0.4) is 0 Å². The van der Waals surface area contributed by atoms with Gasteiger partial charge in [0.1, 0.15) is 5.82 Å². The highest BCUT2D eigenvalue weighted by Crippen LogP contribution is 2.24. The van der Waals surface area contributed by atoms with Crippen LogP contribution in [0, 0.1) is 5.82 Å². The minimum Gasteiger partial charge on any atom is -0.347 e. The molecular formula is C12H14FN. The number of hydrogen-bond acceptors (Lipinski definition) is 0. The summed E-state index contributed by atoms with van der Waals surface area (Å²) in [5, 5.41) is 1.11. The van der Waals surface area contributed by atoms with Crippen molar-refractivity contribution in [2.24, 2.45) is 7.05 Å². The maximum absolute atomic E-state index is 13.0. The summed E-state index contributed by atoms with van der Waals surface area (Å²) in [6, 6.07) is 7.05. The molecule has 2 heteroatoms. The summed E-state index contributed by atoms with van der Waals surface area (Å²) in [5.74, 6) is 0.296. The number of aromatic nitrogens is 1. The van der Waals surface area contributed by atoms with Crippen molar-refractivity contribution < 1.29 is 4.39 Å². The van der Waals surface area contributed by atoms with Crippen LogP contribution in [-0.4, -0.2) is 4.57 Å². The fourth-order valence-electron chi connectivity index (χ4n) is 1.88. The third kappa shape index (κ3) is 1.31. The van der Waals surface area contributed by atoms with Crippen molar-refractivity contribution in [1.29, 1.82) is 0 Å². The molecule has 2 aromatic rings. The fraction of sp³-hybridized carbons (Fsp3) is 0.333. The normalized spacial score (nSPS) is 11.5. The van der Waals surface area contributed by atoms with Gasteiger partial charge < -0.3 is 4.57 Å². The smallest absolute Gasteiger partial charge is 0.125 e. The highest BCUT2D eigenvalue weighted by molar-refractivity contribution is 5.81. The lowest BCUT2D eigenvalue weighted by Gasteiger charge is -2.06. The number of rotatable bonds is 1. The van der Waals surface area contributed by atoms with E-state index in [1.165, 1.54) is 11.8 Å². The van der Waals surface area contributed by atoms with Crippen molar-refractivity contribution in [2.75, 3.05) is 0 Å². The maximum Gasteiger partial charge on any atom is 0.125 e. The molecule has 0 unspecified atom stereocenters. The highest BCUT2D eigenvalue weighted by atomic mass is 19.1. The second kappa shape index (κ2) is 3.12. The van der Waals surface area contributed by atoms with E-state index in [9.17, 15) is 4.39 Å². The topological polar surface area (TPSA) is 4.93 Å². The lowest BCUT2D eigenvalue weighted by atomic mass is 10.1. The van der Waals surface area contributed by atoms with E-state index >= 15 is 0 Å². The van der Waals surface area contributed by atoms with Gasteiger partial charge in [-0.2, -0.15) is 0 Å². The van der Waals surface area contributed by atoms with Crippen molar-refractivity contribution in [3.8, 4) is 0 Å². The summed E-state index contributed by atoms with van der Waals surface area (Å²) in [5.41, 5.74) is 2.21. The average molecular weight is 191 g/mol. The summed E-state index contributed by atoms with van der Waals surface area (Å²) >= 11 is 0. The van der Waals surface area contributed by atoms with Crippen molar-refractivity contribution >= 4 is 10.9 Å². The van der Waals surface area contributed by atoms with Crippen LogP contribution in [0.1, 0.15) is 25.5 Å². The van der Waals surface area contributed by atoms with E-state index in [0.29, 0.717) is 5.92 Å². The number of fused-ring (bicyclic) bond motifs is 1. The molecule has 0 atom stereocenters. The molecule has 1 nitrogen and oxygen atoms in total. The average Bonchev–Trinajstić information content (AvgIpc) is 2.44. The summed E-state index contributed by atoms with van der Waals surface area (Å²) in [7, 11) is 1.98. The quantitative estimate of drug-likeness (QED) is 0.650. The van der Waals surface area contributed by atoms with Gasteiger partial charge >= 0.3 is 0 Å². The van der Waals surface area contributed by atoms with Crippen molar-refractivity contribution in [3.05, 3.63) is 35.8 Å². The zero-order chi connectivity index (χ0) is 10.3. The first-order valence-electron chi connectivity index (χ1n) is 4.84. The highest BCUT2D eigenvalue weighted by Gasteiger charge is 2.08. The molecule has 0 spiro atoms. The molecule has 1 aromatic heterocycles. The van der Waals surface area contributed by atoms with E-state index in [1.54, 1.807) is 6.07 Å². The Morgan fingerprint density at radius 1 is 1.21 bits per heavy atom. The second-order valence-electron chi connectivity index (χ2n) is 3.99. The predicted octanol–water partition coefficient (Wildman–Crippen LogP) is 3.44. The third-order valence-corrected chi connectivity index (χ3v) is 2.64. The van der Waals surface area contributed by atoms with Gasteiger partial charge in [-0.1, -0.05) is 13.8 Å². The summed E-state index contributed by atoms with van der Waals surface area (Å²) in [6.07, 6.45) is 0. The molecule has 2 rings (SSSR count). The van der Waals surface area contributed by atoms with Gasteiger partial charge in [0.25, 0.3) is 0 Å². The van der Waals surface area contributed by atoms with Crippen LogP contribution in [0.2, 0.25) is 0 Å².